The van der Waals surface area contributed by atoms with E-state index >= 15 is 0 Å². The molecule has 6 nitrogen and oxygen atoms in total. The maximum Gasteiger partial charge on any atom is 0.272 e. The van der Waals surface area contributed by atoms with Crippen LogP contribution in [0.15, 0.2) is 53.3 Å². The molecule has 0 radical (unpaired) electrons. The van der Waals surface area contributed by atoms with Gasteiger partial charge in [0.25, 0.3) is 11.5 Å². The van der Waals surface area contributed by atoms with Gasteiger partial charge in [-0.3, -0.25) is 9.59 Å². The van der Waals surface area contributed by atoms with Gasteiger partial charge in [0.1, 0.15) is 5.69 Å². The fraction of sp³-hybridized carbons (Fsp3) is 0.444. The van der Waals surface area contributed by atoms with Crippen molar-refractivity contribution in [3.63, 3.8) is 0 Å². The van der Waals surface area contributed by atoms with Crippen LogP contribution in [0.2, 0.25) is 0 Å². The zero-order valence-electron chi connectivity index (χ0n) is 19.7. The van der Waals surface area contributed by atoms with E-state index in [1.165, 1.54) is 32.1 Å². The first-order valence-corrected chi connectivity index (χ1v) is 12.1. The Kier molecular flexibility index (Phi) is 7.55. The van der Waals surface area contributed by atoms with Gasteiger partial charge in [0.05, 0.1) is 17.6 Å². The first-order chi connectivity index (χ1) is 16.0. The lowest BCUT2D eigenvalue weighted by atomic mass is 9.94. The highest BCUT2D eigenvalue weighted by molar-refractivity contribution is 5.94. The van der Waals surface area contributed by atoms with E-state index < -0.39 is 0 Å². The van der Waals surface area contributed by atoms with Crippen LogP contribution in [0.5, 0.6) is 0 Å². The summed E-state index contributed by atoms with van der Waals surface area (Å²) >= 11 is 0. The number of rotatable bonds is 8. The topological polar surface area (TPSA) is 67.2 Å². The van der Waals surface area contributed by atoms with E-state index in [0.717, 1.165) is 29.6 Å². The van der Waals surface area contributed by atoms with E-state index in [-0.39, 0.29) is 11.5 Å². The zero-order chi connectivity index (χ0) is 23.2. The summed E-state index contributed by atoms with van der Waals surface area (Å²) in [6, 6.07) is 15.9. The summed E-state index contributed by atoms with van der Waals surface area (Å²) in [6.07, 6.45) is 7.61. The molecule has 0 unspecified atom stereocenters. The summed E-state index contributed by atoms with van der Waals surface area (Å²) in [4.78, 5) is 32.1. The molecule has 1 N–H and O–H groups in total. The Morgan fingerprint density at radius 1 is 1.09 bits per heavy atom. The van der Waals surface area contributed by atoms with Crippen LogP contribution in [-0.4, -0.2) is 46.5 Å². The maximum absolute atomic E-state index is 12.7. The quantitative estimate of drug-likeness (QED) is 0.528. The van der Waals surface area contributed by atoms with Gasteiger partial charge in [-0.25, -0.2) is 4.98 Å². The van der Waals surface area contributed by atoms with Gasteiger partial charge >= 0.3 is 0 Å². The Hall–Kier alpha value is -2.99. The van der Waals surface area contributed by atoms with Crippen molar-refractivity contribution in [2.45, 2.75) is 58.0 Å². The van der Waals surface area contributed by atoms with Crippen molar-refractivity contribution in [1.29, 1.82) is 0 Å². The number of nitrogens with zero attached hydrogens (tertiary/aromatic N) is 3. The number of aromatic nitrogens is 2. The molecule has 0 spiro atoms. The predicted molar refractivity (Wildman–Crippen MR) is 133 cm³/mol. The number of nitrogens with one attached hydrogen (secondary N) is 1. The van der Waals surface area contributed by atoms with Gasteiger partial charge in [-0.1, -0.05) is 43.5 Å². The van der Waals surface area contributed by atoms with Crippen LogP contribution >= 0.6 is 0 Å². The van der Waals surface area contributed by atoms with Gasteiger partial charge in [-0.15, -0.1) is 0 Å². The van der Waals surface area contributed by atoms with E-state index in [1.54, 1.807) is 11.5 Å². The molecule has 1 aromatic heterocycles. The molecule has 1 saturated carbocycles. The van der Waals surface area contributed by atoms with Crippen LogP contribution in [-0.2, 0) is 6.54 Å². The molecule has 1 aliphatic rings. The molecule has 33 heavy (non-hydrogen) atoms. The van der Waals surface area contributed by atoms with Crippen molar-refractivity contribution in [2.75, 3.05) is 20.1 Å². The molecule has 174 valence electrons. The van der Waals surface area contributed by atoms with Crippen molar-refractivity contribution < 1.29 is 4.79 Å². The maximum atomic E-state index is 12.7. The Morgan fingerprint density at radius 3 is 2.58 bits per heavy atom. The number of fused-ring (bicyclic) bond motifs is 1. The largest absolute Gasteiger partial charge is 0.352 e. The smallest absolute Gasteiger partial charge is 0.272 e. The van der Waals surface area contributed by atoms with Crippen LogP contribution in [0.4, 0.5) is 0 Å². The molecule has 4 rings (SSSR count). The highest BCUT2D eigenvalue weighted by atomic mass is 16.1. The van der Waals surface area contributed by atoms with Gasteiger partial charge in [-0.05, 0) is 69.6 Å². The number of hydrogen-bond donors (Lipinski definition) is 1. The fourth-order valence-corrected chi connectivity index (χ4v) is 4.76. The van der Waals surface area contributed by atoms with Crippen molar-refractivity contribution in [3.8, 4) is 0 Å². The second-order valence-corrected chi connectivity index (χ2v) is 9.16. The molecular weight excluding hydrogens is 412 g/mol. The average Bonchev–Trinajstić information content (AvgIpc) is 2.85. The minimum Gasteiger partial charge on any atom is -0.352 e. The van der Waals surface area contributed by atoms with Gasteiger partial charge in [0.2, 0.25) is 0 Å². The number of benzene rings is 2. The Bertz CT molecular complexity index is 1150. The summed E-state index contributed by atoms with van der Waals surface area (Å²) in [5.74, 6) is -0.0516. The van der Waals surface area contributed by atoms with E-state index in [0.29, 0.717) is 30.4 Å². The molecule has 6 heteroatoms. The fourth-order valence-electron chi connectivity index (χ4n) is 4.76. The van der Waals surface area contributed by atoms with Crippen LogP contribution in [0.1, 0.15) is 60.1 Å². The second-order valence-electron chi connectivity index (χ2n) is 9.16. The Morgan fingerprint density at radius 2 is 1.82 bits per heavy atom. The number of aryl methyl sites for hydroxylation is 1. The third kappa shape index (κ3) is 5.69. The van der Waals surface area contributed by atoms with E-state index in [2.05, 4.69) is 22.2 Å². The van der Waals surface area contributed by atoms with Crippen molar-refractivity contribution >= 4 is 16.9 Å². The average molecular weight is 447 g/mol. The van der Waals surface area contributed by atoms with Gasteiger partial charge < -0.3 is 14.8 Å². The number of carbonyl (C=O) groups is 1. The predicted octanol–water partition coefficient (Wildman–Crippen LogP) is 4.14. The van der Waals surface area contributed by atoms with E-state index in [9.17, 15) is 9.59 Å². The molecule has 1 heterocycles. The highest BCUT2D eigenvalue weighted by Crippen LogP contribution is 2.21. The molecule has 0 bridgehead atoms. The monoisotopic (exact) mass is 446 g/mol. The Balaban J connectivity index is 1.32. The molecule has 0 atom stereocenters. The van der Waals surface area contributed by atoms with Crippen LogP contribution in [0, 0.1) is 6.92 Å². The van der Waals surface area contributed by atoms with Gasteiger partial charge in [-0.2, -0.15) is 0 Å². The first kappa shape index (κ1) is 23.2. The molecular formula is C27H34N4O2. The van der Waals surface area contributed by atoms with Crippen molar-refractivity contribution in [2.24, 2.45) is 0 Å². The van der Waals surface area contributed by atoms with Gasteiger partial charge in [0.15, 0.2) is 0 Å². The molecule has 1 aliphatic carbocycles. The van der Waals surface area contributed by atoms with Crippen molar-refractivity contribution in [1.82, 2.24) is 19.8 Å². The molecule has 1 amide bonds. The molecule has 0 aliphatic heterocycles. The third-order valence-corrected chi connectivity index (χ3v) is 6.74. The van der Waals surface area contributed by atoms with E-state index in [4.69, 9.17) is 0 Å². The lowest BCUT2D eigenvalue weighted by molar-refractivity contribution is 0.0950. The highest BCUT2D eigenvalue weighted by Gasteiger charge is 2.17. The molecule has 1 fully saturated rings. The number of para-hydroxylation sites is 2. The normalized spacial score (nSPS) is 14.6. The van der Waals surface area contributed by atoms with Gasteiger partial charge in [0, 0.05) is 18.2 Å². The standard InChI is InChI=1S/C27H34N4O2/c1-20-27(33)31(25-12-7-6-11-24(25)29-20)19-21-13-15-22(16-14-21)26(32)28-17-8-18-30(2)23-9-4-3-5-10-23/h6-7,11-16,23H,3-5,8-10,17-19H2,1-2H3,(H,28,32). The lowest BCUT2D eigenvalue weighted by Crippen LogP contribution is -2.35. The zero-order valence-corrected chi connectivity index (χ0v) is 19.7. The summed E-state index contributed by atoms with van der Waals surface area (Å²) in [5.41, 5.74) is 3.63. The molecule has 3 aromatic rings. The van der Waals surface area contributed by atoms with E-state index in [1.807, 2.05) is 48.5 Å². The Labute approximate surface area is 195 Å². The summed E-state index contributed by atoms with van der Waals surface area (Å²) in [7, 11) is 2.20. The number of amides is 1. The SMILES string of the molecule is Cc1nc2ccccc2n(Cc2ccc(C(=O)NCCCN(C)C3CCCCC3)cc2)c1=O. The first-order valence-electron chi connectivity index (χ1n) is 12.1. The third-order valence-electron chi connectivity index (χ3n) is 6.74. The summed E-state index contributed by atoms with van der Waals surface area (Å²) in [5, 5.41) is 3.04. The van der Waals surface area contributed by atoms with Crippen molar-refractivity contribution in [3.05, 3.63) is 75.7 Å². The van der Waals surface area contributed by atoms with Crippen LogP contribution < -0.4 is 10.9 Å². The minimum atomic E-state index is -0.0892. The molecule has 2 aromatic carbocycles. The van der Waals surface area contributed by atoms with Crippen LogP contribution in [0.3, 0.4) is 0 Å². The lowest BCUT2D eigenvalue weighted by Gasteiger charge is -2.31. The number of hydrogen-bond acceptors (Lipinski definition) is 4. The second kappa shape index (κ2) is 10.8. The molecule has 0 saturated heterocycles. The van der Waals surface area contributed by atoms with Crippen LogP contribution in [0.25, 0.3) is 11.0 Å². The minimum absolute atomic E-state index is 0.0516. The summed E-state index contributed by atoms with van der Waals surface area (Å²) in [6.45, 7) is 3.87. The number of carbonyl (C=O) groups excluding carboxylic acids is 1. The summed E-state index contributed by atoms with van der Waals surface area (Å²) < 4.78 is 1.75.